The molecule has 0 atom stereocenters. The molecule has 0 saturated carbocycles. The first-order valence-corrected chi connectivity index (χ1v) is 8.10. The molecule has 0 fully saturated rings. The van der Waals surface area contributed by atoms with E-state index in [-0.39, 0.29) is 12.3 Å². The lowest BCUT2D eigenvalue weighted by atomic mass is 10.1. The summed E-state index contributed by atoms with van der Waals surface area (Å²) in [5.41, 5.74) is 0.414. The Labute approximate surface area is 153 Å². The van der Waals surface area contributed by atoms with E-state index in [1.807, 2.05) is 0 Å². The number of ether oxygens (including phenoxy) is 1. The summed E-state index contributed by atoms with van der Waals surface area (Å²) in [6.45, 7) is -0.0991. The molecule has 0 aliphatic heterocycles. The molecule has 144 valence electrons. The number of carbonyl (C=O) groups excluding carboxylic acids is 1. The summed E-state index contributed by atoms with van der Waals surface area (Å²) < 4.78 is 43.0. The third-order valence-corrected chi connectivity index (χ3v) is 3.64. The zero-order valence-corrected chi connectivity index (χ0v) is 14.3. The Morgan fingerprint density at radius 3 is 2.37 bits per heavy atom. The van der Waals surface area contributed by atoms with E-state index in [1.165, 1.54) is 12.1 Å². The van der Waals surface area contributed by atoms with Crippen molar-refractivity contribution < 1.29 is 32.6 Å². The number of carboxylic acid groups (broad SMARTS) is 1. The first kappa shape index (κ1) is 20.3. The Balaban J connectivity index is 1.78. The van der Waals surface area contributed by atoms with Crippen molar-refractivity contribution in [2.24, 2.45) is 0 Å². The number of carboxylic acids is 1. The van der Waals surface area contributed by atoms with Crippen molar-refractivity contribution in [3.8, 4) is 5.75 Å². The molecule has 27 heavy (non-hydrogen) atoms. The molecule has 0 aliphatic carbocycles. The molecular formula is C19H18F3NO4. The summed E-state index contributed by atoms with van der Waals surface area (Å²) >= 11 is 0. The van der Waals surface area contributed by atoms with Gasteiger partial charge < -0.3 is 15.2 Å². The number of aliphatic carboxylic acids is 1. The number of hydrogen-bond acceptors (Lipinski definition) is 3. The van der Waals surface area contributed by atoms with Crippen LogP contribution in [0.3, 0.4) is 0 Å². The van der Waals surface area contributed by atoms with Crippen molar-refractivity contribution >= 4 is 11.9 Å². The highest BCUT2D eigenvalue weighted by Gasteiger charge is 2.30. The van der Waals surface area contributed by atoms with Gasteiger partial charge in [0, 0.05) is 6.54 Å². The van der Waals surface area contributed by atoms with Crippen LogP contribution in [0.25, 0.3) is 0 Å². The second-order valence-electron chi connectivity index (χ2n) is 5.80. The van der Waals surface area contributed by atoms with Gasteiger partial charge in [-0.1, -0.05) is 30.3 Å². The molecule has 2 N–H and O–H groups in total. The number of amides is 1. The second-order valence-corrected chi connectivity index (χ2v) is 5.80. The number of nitrogens with one attached hydrogen (secondary N) is 1. The van der Waals surface area contributed by atoms with E-state index in [1.54, 1.807) is 24.3 Å². The molecule has 0 spiro atoms. The van der Waals surface area contributed by atoms with Gasteiger partial charge in [0.2, 0.25) is 5.91 Å². The molecule has 1 amide bonds. The van der Waals surface area contributed by atoms with Crippen LogP contribution in [0.1, 0.15) is 16.7 Å². The van der Waals surface area contributed by atoms with Crippen molar-refractivity contribution in [1.29, 1.82) is 0 Å². The minimum absolute atomic E-state index is 0.133. The van der Waals surface area contributed by atoms with Gasteiger partial charge in [-0.25, -0.2) is 4.79 Å². The summed E-state index contributed by atoms with van der Waals surface area (Å²) in [6.07, 6.45) is -4.05. The summed E-state index contributed by atoms with van der Waals surface area (Å²) in [4.78, 5) is 22.3. The SMILES string of the molecule is O=C(O)COc1ccc(CCNC(=O)Cc2cccc(C(F)(F)F)c2)cc1. The Morgan fingerprint density at radius 2 is 1.74 bits per heavy atom. The molecule has 0 unspecified atom stereocenters. The van der Waals surface area contributed by atoms with Crippen LogP contribution in [0.5, 0.6) is 5.75 Å². The number of halogens is 3. The summed E-state index contributed by atoms with van der Waals surface area (Å²) in [5.74, 6) is -1.01. The third kappa shape index (κ3) is 7.01. The Hall–Kier alpha value is -3.03. The fourth-order valence-electron chi connectivity index (χ4n) is 2.35. The summed E-state index contributed by atoms with van der Waals surface area (Å²) in [6, 6.07) is 11.4. The van der Waals surface area contributed by atoms with Gasteiger partial charge >= 0.3 is 12.1 Å². The van der Waals surface area contributed by atoms with Crippen LogP contribution in [0.15, 0.2) is 48.5 Å². The third-order valence-electron chi connectivity index (χ3n) is 3.64. The van der Waals surface area contributed by atoms with E-state index in [4.69, 9.17) is 9.84 Å². The largest absolute Gasteiger partial charge is 0.482 e. The van der Waals surface area contributed by atoms with Gasteiger partial charge in [0.05, 0.1) is 12.0 Å². The predicted octanol–water partition coefficient (Wildman–Crippen LogP) is 3.07. The highest BCUT2D eigenvalue weighted by Crippen LogP contribution is 2.29. The lowest BCUT2D eigenvalue weighted by Gasteiger charge is -2.09. The topological polar surface area (TPSA) is 75.6 Å². The van der Waals surface area contributed by atoms with Gasteiger partial charge in [-0.15, -0.1) is 0 Å². The molecule has 0 heterocycles. The van der Waals surface area contributed by atoms with Crippen molar-refractivity contribution in [3.63, 3.8) is 0 Å². The zero-order valence-electron chi connectivity index (χ0n) is 14.3. The van der Waals surface area contributed by atoms with E-state index in [9.17, 15) is 22.8 Å². The number of benzene rings is 2. The van der Waals surface area contributed by atoms with Crippen LogP contribution in [0.2, 0.25) is 0 Å². The van der Waals surface area contributed by atoms with Crippen molar-refractivity contribution in [2.75, 3.05) is 13.2 Å². The quantitative estimate of drug-likeness (QED) is 0.737. The maximum absolute atomic E-state index is 12.7. The van der Waals surface area contributed by atoms with E-state index < -0.39 is 24.3 Å². The molecule has 0 saturated heterocycles. The minimum atomic E-state index is -4.44. The van der Waals surface area contributed by atoms with Crippen LogP contribution in [-0.2, 0) is 28.6 Å². The highest BCUT2D eigenvalue weighted by atomic mass is 19.4. The Kier molecular flexibility index (Phi) is 6.81. The van der Waals surface area contributed by atoms with Gasteiger partial charge in [0.1, 0.15) is 5.75 Å². The molecule has 0 aromatic heterocycles. The second kappa shape index (κ2) is 9.07. The number of rotatable bonds is 8. The average Bonchev–Trinajstić information content (AvgIpc) is 2.60. The van der Waals surface area contributed by atoms with Crippen LogP contribution >= 0.6 is 0 Å². The van der Waals surface area contributed by atoms with Gasteiger partial charge in [0.15, 0.2) is 6.61 Å². The normalized spacial score (nSPS) is 11.1. The predicted molar refractivity (Wildman–Crippen MR) is 91.4 cm³/mol. The van der Waals surface area contributed by atoms with Crippen LogP contribution < -0.4 is 10.1 Å². The fourth-order valence-corrected chi connectivity index (χ4v) is 2.35. The fraction of sp³-hybridized carbons (Fsp3) is 0.263. The highest BCUT2D eigenvalue weighted by molar-refractivity contribution is 5.78. The van der Waals surface area contributed by atoms with Gasteiger partial charge in [0.25, 0.3) is 0 Å². The van der Waals surface area contributed by atoms with E-state index in [0.717, 1.165) is 17.7 Å². The Bertz CT molecular complexity index is 788. The molecule has 2 aromatic carbocycles. The van der Waals surface area contributed by atoms with Crippen LogP contribution in [0.4, 0.5) is 13.2 Å². The van der Waals surface area contributed by atoms with Gasteiger partial charge in [-0.05, 0) is 35.7 Å². The summed E-state index contributed by atoms with van der Waals surface area (Å²) in [7, 11) is 0. The molecule has 0 bridgehead atoms. The standard InChI is InChI=1S/C19H18F3NO4/c20-19(21,22)15-3-1-2-14(10-15)11-17(24)23-9-8-13-4-6-16(7-5-13)27-12-18(25)26/h1-7,10H,8-9,11-12H2,(H,23,24)(H,25,26). The molecule has 0 radical (unpaired) electrons. The minimum Gasteiger partial charge on any atom is -0.482 e. The number of alkyl halides is 3. The maximum atomic E-state index is 12.7. The molecular weight excluding hydrogens is 363 g/mol. The summed E-state index contributed by atoms with van der Waals surface area (Å²) in [5, 5.41) is 11.2. The lowest BCUT2D eigenvalue weighted by molar-refractivity contribution is -0.139. The molecule has 2 rings (SSSR count). The molecule has 0 aliphatic rings. The van der Waals surface area contributed by atoms with Crippen molar-refractivity contribution in [3.05, 3.63) is 65.2 Å². The first-order valence-electron chi connectivity index (χ1n) is 8.10. The maximum Gasteiger partial charge on any atom is 0.416 e. The molecule has 8 heteroatoms. The van der Waals surface area contributed by atoms with E-state index in [2.05, 4.69) is 5.32 Å². The van der Waals surface area contributed by atoms with E-state index >= 15 is 0 Å². The number of hydrogen-bond donors (Lipinski definition) is 2. The molecule has 5 nitrogen and oxygen atoms in total. The van der Waals surface area contributed by atoms with Crippen molar-refractivity contribution in [1.82, 2.24) is 5.32 Å². The van der Waals surface area contributed by atoms with Crippen molar-refractivity contribution in [2.45, 2.75) is 19.0 Å². The average molecular weight is 381 g/mol. The Morgan fingerprint density at radius 1 is 1.04 bits per heavy atom. The van der Waals surface area contributed by atoms with Gasteiger partial charge in [-0.3, -0.25) is 4.79 Å². The monoisotopic (exact) mass is 381 g/mol. The zero-order chi connectivity index (χ0) is 19.9. The number of carbonyl (C=O) groups is 2. The van der Waals surface area contributed by atoms with E-state index in [0.29, 0.717) is 24.3 Å². The van der Waals surface area contributed by atoms with Crippen LogP contribution in [0, 0.1) is 0 Å². The smallest absolute Gasteiger partial charge is 0.416 e. The van der Waals surface area contributed by atoms with Crippen LogP contribution in [-0.4, -0.2) is 30.1 Å². The van der Waals surface area contributed by atoms with Gasteiger partial charge in [-0.2, -0.15) is 13.2 Å². The first-order chi connectivity index (χ1) is 12.7. The molecule has 2 aromatic rings. The lowest BCUT2D eigenvalue weighted by Crippen LogP contribution is -2.27.